The summed E-state index contributed by atoms with van der Waals surface area (Å²) >= 11 is 0. The van der Waals surface area contributed by atoms with Crippen molar-refractivity contribution in [2.24, 2.45) is 0 Å². The van der Waals surface area contributed by atoms with Crippen LogP contribution in [-0.2, 0) is 11.2 Å². The summed E-state index contributed by atoms with van der Waals surface area (Å²) in [5.41, 5.74) is 1.93. The topological polar surface area (TPSA) is 61.1 Å². The van der Waals surface area contributed by atoms with Crippen LogP contribution in [0.4, 0.5) is 0 Å². The van der Waals surface area contributed by atoms with Crippen molar-refractivity contribution >= 4 is 5.97 Å². The zero-order valence-corrected chi connectivity index (χ0v) is 8.32. The molecule has 1 rings (SSSR count). The van der Waals surface area contributed by atoms with Gasteiger partial charge in [0.2, 0.25) is 0 Å². The SMILES string of the molecule is CC#N.Cc1ccccc1CC(=O)O. The molecule has 74 valence electrons. The quantitative estimate of drug-likeness (QED) is 0.779. The second-order valence-corrected chi connectivity index (χ2v) is 2.72. The zero-order valence-electron chi connectivity index (χ0n) is 8.32. The monoisotopic (exact) mass is 191 g/mol. The minimum absolute atomic E-state index is 0.118. The lowest BCUT2D eigenvalue weighted by Gasteiger charge is -1.99. The van der Waals surface area contributed by atoms with Gasteiger partial charge in [-0.3, -0.25) is 4.79 Å². The van der Waals surface area contributed by atoms with Crippen LogP contribution in [0.5, 0.6) is 0 Å². The van der Waals surface area contributed by atoms with Crippen molar-refractivity contribution in [2.45, 2.75) is 20.3 Å². The summed E-state index contributed by atoms with van der Waals surface area (Å²) in [7, 11) is 0. The third-order valence-corrected chi connectivity index (χ3v) is 1.60. The van der Waals surface area contributed by atoms with Gasteiger partial charge in [0.25, 0.3) is 0 Å². The summed E-state index contributed by atoms with van der Waals surface area (Å²) in [6, 6.07) is 9.26. The molecule has 0 spiro atoms. The standard InChI is InChI=1S/C9H10O2.C2H3N/c1-7-4-2-3-5-8(7)6-9(10)11;1-2-3/h2-5H,6H2,1H3,(H,10,11);1H3. The highest BCUT2D eigenvalue weighted by Gasteiger charge is 2.01. The van der Waals surface area contributed by atoms with E-state index in [9.17, 15) is 4.79 Å². The average molecular weight is 191 g/mol. The van der Waals surface area contributed by atoms with E-state index in [2.05, 4.69) is 0 Å². The van der Waals surface area contributed by atoms with E-state index in [1.165, 1.54) is 6.92 Å². The van der Waals surface area contributed by atoms with Crippen LogP contribution in [0.15, 0.2) is 24.3 Å². The molecule has 0 radical (unpaired) electrons. The normalized spacial score (nSPS) is 8.07. The fourth-order valence-electron chi connectivity index (χ4n) is 0.971. The molecule has 3 nitrogen and oxygen atoms in total. The van der Waals surface area contributed by atoms with Gasteiger partial charge in [-0.1, -0.05) is 24.3 Å². The molecule has 0 aliphatic rings. The van der Waals surface area contributed by atoms with Crippen LogP contribution in [0, 0.1) is 18.3 Å². The first-order valence-corrected chi connectivity index (χ1v) is 4.19. The van der Waals surface area contributed by atoms with Crippen LogP contribution in [0.2, 0.25) is 0 Å². The molecule has 0 fully saturated rings. The van der Waals surface area contributed by atoms with Crippen molar-refractivity contribution in [2.75, 3.05) is 0 Å². The molecule has 0 heterocycles. The van der Waals surface area contributed by atoms with Crippen molar-refractivity contribution in [3.8, 4) is 6.07 Å². The van der Waals surface area contributed by atoms with Crippen LogP contribution >= 0.6 is 0 Å². The smallest absolute Gasteiger partial charge is 0.307 e. The first-order valence-electron chi connectivity index (χ1n) is 4.19. The lowest BCUT2D eigenvalue weighted by Crippen LogP contribution is -2.01. The van der Waals surface area contributed by atoms with E-state index < -0.39 is 5.97 Å². The maximum absolute atomic E-state index is 10.3. The van der Waals surface area contributed by atoms with Crippen LogP contribution in [0.1, 0.15) is 18.1 Å². The maximum atomic E-state index is 10.3. The molecule has 14 heavy (non-hydrogen) atoms. The predicted octanol–water partition coefficient (Wildman–Crippen LogP) is 2.15. The van der Waals surface area contributed by atoms with Crippen LogP contribution in [-0.4, -0.2) is 11.1 Å². The summed E-state index contributed by atoms with van der Waals surface area (Å²) in [6.07, 6.45) is 0.118. The molecule has 0 aromatic heterocycles. The fraction of sp³-hybridized carbons (Fsp3) is 0.273. The number of carboxylic acid groups (broad SMARTS) is 1. The molecule has 0 bridgehead atoms. The number of carboxylic acids is 1. The summed E-state index contributed by atoms with van der Waals surface area (Å²) in [4.78, 5) is 10.3. The molecule has 0 saturated carbocycles. The second kappa shape index (κ2) is 6.67. The minimum atomic E-state index is -0.778. The Balaban J connectivity index is 0.000000500. The van der Waals surface area contributed by atoms with E-state index in [-0.39, 0.29) is 6.42 Å². The number of aliphatic carboxylic acids is 1. The van der Waals surface area contributed by atoms with Crippen LogP contribution in [0.3, 0.4) is 0 Å². The Bertz CT molecular complexity index is 339. The third-order valence-electron chi connectivity index (χ3n) is 1.60. The zero-order chi connectivity index (χ0) is 11.0. The Kier molecular flexibility index (Phi) is 5.80. The molecular weight excluding hydrogens is 178 g/mol. The van der Waals surface area contributed by atoms with Gasteiger partial charge >= 0.3 is 5.97 Å². The van der Waals surface area contributed by atoms with Crippen molar-refractivity contribution in [1.29, 1.82) is 5.26 Å². The van der Waals surface area contributed by atoms with Crippen LogP contribution < -0.4 is 0 Å². The number of benzene rings is 1. The Hall–Kier alpha value is -1.82. The molecule has 1 aromatic rings. The average Bonchev–Trinajstić information content (AvgIpc) is 2.09. The van der Waals surface area contributed by atoms with E-state index in [1.807, 2.05) is 31.2 Å². The lowest BCUT2D eigenvalue weighted by molar-refractivity contribution is -0.136. The third kappa shape index (κ3) is 4.94. The van der Waals surface area contributed by atoms with Crippen molar-refractivity contribution in [3.63, 3.8) is 0 Å². The number of rotatable bonds is 2. The number of hydrogen-bond donors (Lipinski definition) is 1. The van der Waals surface area contributed by atoms with Gasteiger partial charge in [0.05, 0.1) is 12.5 Å². The molecule has 0 aliphatic carbocycles. The van der Waals surface area contributed by atoms with Gasteiger partial charge in [0.1, 0.15) is 0 Å². The van der Waals surface area contributed by atoms with Gasteiger partial charge in [0.15, 0.2) is 0 Å². The van der Waals surface area contributed by atoms with Gasteiger partial charge in [-0.05, 0) is 18.1 Å². The first kappa shape index (κ1) is 12.2. The van der Waals surface area contributed by atoms with Crippen molar-refractivity contribution < 1.29 is 9.90 Å². The summed E-state index contributed by atoms with van der Waals surface area (Å²) in [6.45, 7) is 3.35. The molecule has 1 aromatic carbocycles. The van der Waals surface area contributed by atoms with E-state index in [0.717, 1.165) is 11.1 Å². The van der Waals surface area contributed by atoms with E-state index in [0.29, 0.717) is 0 Å². The van der Waals surface area contributed by atoms with Crippen LogP contribution in [0.25, 0.3) is 0 Å². The number of carbonyl (C=O) groups is 1. The summed E-state index contributed by atoms with van der Waals surface area (Å²) < 4.78 is 0. The molecular formula is C11H13NO2. The lowest BCUT2D eigenvalue weighted by atomic mass is 10.1. The molecule has 3 heteroatoms. The van der Waals surface area contributed by atoms with Gasteiger partial charge in [-0.2, -0.15) is 5.26 Å². The highest BCUT2D eigenvalue weighted by atomic mass is 16.4. The van der Waals surface area contributed by atoms with Gasteiger partial charge < -0.3 is 5.11 Å². The number of nitrogens with zero attached hydrogens (tertiary/aromatic N) is 1. The first-order chi connectivity index (χ1) is 6.61. The Morgan fingerprint density at radius 1 is 1.50 bits per heavy atom. The highest BCUT2D eigenvalue weighted by molar-refractivity contribution is 5.70. The Morgan fingerprint density at radius 2 is 2.00 bits per heavy atom. The number of nitriles is 1. The van der Waals surface area contributed by atoms with E-state index in [1.54, 1.807) is 6.07 Å². The van der Waals surface area contributed by atoms with Crippen molar-refractivity contribution in [1.82, 2.24) is 0 Å². The Labute approximate surface area is 83.6 Å². The molecule has 0 unspecified atom stereocenters. The molecule has 0 aliphatic heterocycles. The Morgan fingerprint density at radius 3 is 2.43 bits per heavy atom. The largest absolute Gasteiger partial charge is 0.481 e. The minimum Gasteiger partial charge on any atom is -0.481 e. The molecule has 1 N–H and O–H groups in total. The van der Waals surface area contributed by atoms with Gasteiger partial charge in [0, 0.05) is 6.92 Å². The van der Waals surface area contributed by atoms with E-state index in [4.69, 9.17) is 10.4 Å². The van der Waals surface area contributed by atoms with Gasteiger partial charge in [-0.25, -0.2) is 0 Å². The second-order valence-electron chi connectivity index (χ2n) is 2.72. The molecule has 0 saturated heterocycles. The fourth-order valence-corrected chi connectivity index (χ4v) is 0.971. The number of hydrogen-bond acceptors (Lipinski definition) is 2. The molecule has 0 amide bonds. The van der Waals surface area contributed by atoms with Gasteiger partial charge in [-0.15, -0.1) is 0 Å². The maximum Gasteiger partial charge on any atom is 0.307 e. The molecule has 0 atom stereocenters. The van der Waals surface area contributed by atoms with Crippen molar-refractivity contribution in [3.05, 3.63) is 35.4 Å². The summed E-state index contributed by atoms with van der Waals surface area (Å²) in [5.74, 6) is -0.778. The van der Waals surface area contributed by atoms with E-state index >= 15 is 0 Å². The highest BCUT2D eigenvalue weighted by Crippen LogP contribution is 2.06. The summed E-state index contributed by atoms with van der Waals surface area (Å²) in [5, 5.41) is 15.8. The number of aryl methyl sites for hydroxylation is 1. The predicted molar refractivity (Wildman–Crippen MR) is 53.8 cm³/mol.